The zero-order chi connectivity index (χ0) is 10.4. The molecule has 0 amide bonds. The number of rotatable bonds is 3. The third-order valence-corrected chi connectivity index (χ3v) is 1.66. The van der Waals surface area contributed by atoms with Gasteiger partial charge in [-0.15, -0.1) is 0 Å². The van der Waals surface area contributed by atoms with Crippen LogP contribution in [0.15, 0.2) is 11.9 Å². The van der Waals surface area contributed by atoms with Crippen LogP contribution in [0.1, 0.15) is 13.3 Å². The molecule has 0 radical (unpaired) electrons. The molecule has 1 fully saturated rings. The molecule has 0 aromatic heterocycles. The van der Waals surface area contributed by atoms with Crippen LogP contribution in [0.25, 0.3) is 0 Å². The fourth-order valence-electron chi connectivity index (χ4n) is 1.03. The largest absolute Gasteiger partial charge is 0.454 e. The van der Waals surface area contributed by atoms with Crippen LogP contribution in [-0.2, 0) is 14.3 Å². The van der Waals surface area contributed by atoms with Crippen molar-refractivity contribution in [1.82, 2.24) is 10.6 Å². The molecule has 5 heteroatoms. The lowest BCUT2D eigenvalue weighted by atomic mass is 10.3. The molecule has 0 bridgehead atoms. The summed E-state index contributed by atoms with van der Waals surface area (Å²) in [6, 6.07) is 0. The van der Waals surface area contributed by atoms with Gasteiger partial charge in [0.25, 0.3) is 0 Å². The van der Waals surface area contributed by atoms with Gasteiger partial charge in [-0.05, 0) is 13.3 Å². The first-order valence-corrected chi connectivity index (χ1v) is 4.54. The number of esters is 1. The zero-order valence-corrected chi connectivity index (χ0v) is 8.13. The normalized spacial score (nSPS) is 15.1. The third kappa shape index (κ3) is 3.93. The predicted molar refractivity (Wildman–Crippen MR) is 50.3 cm³/mol. The van der Waals surface area contributed by atoms with Crippen molar-refractivity contribution in [2.45, 2.75) is 13.3 Å². The van der Waals surface area contributed by atoms with Gasteiger partial charge in [0.05, 0.1) is 6.08 Å². The van der Waals surface area contributed by atoms with Gasteiger partial charge < -0.3 is 15.4 Å². The maximum absolute atomic E-state index is 11.1. The van der Waals surface area contributed by atoms with Gasteiger partial charge in [0, 0.05) is 13.1 Å². The quantitative estimate of drug-likeness (QED) is 0.474. The van der Waals surface area contributed by atoms with Crippen molar-refractivity contribution in [3.63, 3.8) is 0 Å². The van der Waals surface area contributed by atoms with Crippen molar-refractivity contribution in [2.75, 3.05) is 19.7 Å². The Labute approximate surface area is 82.5 Å². The van der Waals surface area contributed by atoms with E-state index < -0.39 is 5.97 Å². The summed E-state index contributed by atoms with van der Waals surface area (Å²) in [5, 5.41) is 6.00. The molecule has 0 aromatic rings. The van der Waals surface area contributed by atoms with E-state index in [1.165, 1.54) is 13.0 Å². The average molecular weight is 198 g/mol. The average Bonchev–Trinajstić information content (AvgIpc) is 2.16. The van der Waals surface area contributed by atoms with Crippen LogP contribution in [0.5, 0.6) is 0 Å². The minimum absolute atomic E-state index is 0.164. The van der Waals surface area contributed by atoms with Gasteiger partial charge in [0.15, 0.2) is 5.78 Å². The van der Waals surface area contributed by atoms with Gasteiger partial charge in [-0.25, -0.2) is 4.79 Å². The van der Waals surface area contributed by atoms with E-state index in [1.54, 1.807) is 0 Å². The number of hydrogen-bond acceptors (Lipinski definition) is 5. The highest BCUT2D eigenvalue weighted by Crippen LogP contribution is 1.93. The van der Waals surface area contributed by atoms with Gasteiger partial charge in [-0.3, -0.25) is 4.79 Å². The number of carbonyl (C=O) groups excluding carboxylic acids is 2. The molecule has 1 heterocycles. The molecular weight excluding hydrogens is 184 g/mol. The monoisotopic (exact) mass is 198 g/mol. The minimum Gasteiger partial charge on any atom is -0.454 e. The van der Waals surface area contributed by atoms with Crippen molar-refractivity contribution < 1.29 is 14.3 Å². The Kier molecular flexibility index (Phi) is 3.97. The van der Waals surface area contributed by atoms with Crippen LogP contribution < -0.4 is 10.6 Å². The van der Waals surface area contributed by atoms with Crippen molar-refractivity contribution in [3.05, 3.63) is 11.9 Å². The number of ether oxygens (including phenoxy) is 1. The van der Waals surface area contributed by atoms with Crippen molar-refractivity contribution in [3.8, 4) is 0 Å². The summed E-state index contributed by atoms with van der Waals surface area (Å²) in [6.45, 7) is 2.90. The minimum atomic E-state index is -0.503. The maximum atomic E-state index is 11.1. The highest BCUT2D eigenvalue weighted by Gasteiger charge is 2.06. The number of ketones is 1. The van der Waals surface area contributed by atoms with E-state index in [-0.39, 0.29) is 12.4 Å². The highest BCUT2D eigenvalue weighted by molar-refractivity contribution is 5.86. The topological polar surface area (TPSA) is 67.4 Å². The third-order valence-electron chi connectivity index (χ3n) is 1.66. The molecule has 0 atom stereocenters. The van der Waals surface area contributed by atoms with Crippen LogP contribution in [-0.4, -0.2) is 31.4 Å². The first-order chi connectivity index (χ1) is 6.68. The van der Waals surface area contributed by atoms with Crippen molar-refractivity contribution >= 4 is 11.8 Å². The SMILES string of the molecule is CC(=O)COC(=O)C=C1NCCCN1. The van der Waals surface area contributed by atoms with Gasteiger partial charge in [-0.1, -0.05) is 0 Å². The molecule has 2 N–H and O–H groups in total. The second-order valence-corrected chi connectivity index (χ2v) is 3.07. The number of Topliss-reactive ketones (excluding diaryl/α,β-unsaturated/α-hetero) is 1. The summed E-state index contributed by atoms with van der Waals surface area (Å²) in [5.74, 6) is -0.0109. The van der Waals surface area contributed by atoms with E-state index in [0.29, 0.717) is 5.82 Å². The molecule has 0 unspecified atom stereocenters. The molecular formula is C9H14N2O3. The molecule has 5 nitrogen and oxygen atoms in total. The fourth-order valence-corrected chi connectivity index (χ4v) is 1.03. The Bertz CT molecular complexity index is 253. The Morgan fingerprint density at radius 2 is 2.07 bits per heavy atom. The first kappa shape index (κ1) is 10.6. The molecule has 0 saturated carbocycles. The molecule has 78 valence electrons. The van der Waals surface area contributed by atoms with E-state index in [4.69, 9.17) is 0 Å². The van der Waals surface area contributed by atoms with Crippen LogP contribution in [0, 0.1) is 0 Å². The van der Waals surface area contributed by atoms with Crippen molar-refractivity contribution in [1.29, 1.82) is 0 Å². The molecule has 1 aliphatic heterocycles. The number of nitrogens with one attached hydrogen (secondary N) is 2. The van der Waals surface area contributed by atoms with Gasteiger partial charge in [0.2, 0.25) is 0 Å². The second-order valence-electron chi connectivity index (χ2n) is 3.07. The van der Waals surface area contributed by atoms with Crippen LogP contribution in [0.2, 0.25) is 0 Å². The van der Waals surface area contributed by atoms with E-state index >= 15 is 0 Å². The summed E-state index contributed by atoms with van der Waals surface area (Å²) in [5.41, 5.74) is 0. The first-order valence-electron chi connectivity index (χ1n) is 4.54. The van der Waals surface area contributed by atoms with Gasteiger partial charge >= 0.3 is 5.97 Å². The molecule has 0 aromatic carbocycles. The molecule has 14 heavy (non-hydrogen) atoms. The van der Waals surface area contributed by atoms with Gasteiger partial charge in [0.1, 0.15) is 12.4 Å². The number of carbonyl (C=O) groups is 2. The van der Waals surface area contributed by atoms with E-state index in [0.717, 1.165) is 19.5 Å². The van der Waals surface area contributed by atoms with Crippen LogP contribution in [0.4, 0.5) is 0 Å². The van der Waals surface area contributed by atoms with Crippen LogP contribution in [0.3, 0.4) is 0 Å². The summed E-state index contributed by atoms with van der Waals surface area (Å²) < 4.78 is 4.66. The predicted octanol–water partition coefficient (Wildman–Crippen LogP) is -0.457. The lowest BCUT2D eigenvalue weighted by molar-refractivity contribution is -0.142. The standard InChI is InChI=1S/C9H14N2O3/c1-7(12)6-14-9(13)5-8-10-3-2-4-11-8/h5,10-11H,2-4,6H2,1H3. The lowest BCUT2D eigenvalue weighted by Crippen LogP contribution is -2.35. The molecule has 0 aliphatic carbocycles. The van der Waals surface area contributed by atoms with E-state index in [1.807, 2.05) is 0 Å². The summed E-state index contributed by atoms with van der Waals surface area (Å²) in [7, 11) is 0. The smallest absolute Gasteiger partial charge is 0.334 e. The Morgan fingerprint density at radius 1 is 1.43 bits per heavy atom. The van der Waals surface area contributed by atoms with Crippen LogP contribution >= 0.6 is 0 Å². The van der Waals surface area contributed by atoms with E-state index in [9.17, 15) is 9.59 Å². The van der Waals surface area contributed by atoms with Crippen molar-refractivity contribution in [2.24, 2.45) is 0 Å². The zero-order valence-electron chi connectivity index (χ0n) is 8.13. The van der Waals surface area contributed by atoms with E-state index in [2.05, 4.69) is 15.4 Å². The Hall–Kier alpha value is -1.52. The molecule has 1 rings (SSSR count). The summed E-state index contributed by atoms with van der Waals surface area (Å²) in [6.07, 6.45) is 2.35. The molecule has 1 aliphatic rings. The van der Waals surface area contributed by atoms with Gasteiger partial charge in [-0.2, -0.15) is 0 Å². The Balaban J connectivity index is 2.33. The summed E-state index contributed by atoms with van der Waals surface area (Å²) >= 11 is 0. The maximum Gasteiger partial charge on any atom is 0.334 e. The number of hydrogen-bond donors (Lipinski definition) is 2. The highest BCUT2D eigenvalue weighted by atomic mass is 16.5. The summed E-state index contributed by atoms with van der Waals surface area (Å²) in [4.78, 5) is 21.6. The molecule has 0 spiro atoms. The Morgan fingerprint density at radius 3 is 2.64 bits per heavy atom. The molecule has 1 saturated heterocycles. The fraction of sp³-hybridized carbons (Fsp3) is 0.556. The second kappa shape index (κ2) is 5.26. The lowest BCUT2D eigenvalue weighted by Gasteiger charge is -2.18.